The van der Waals surface area contributed by atoms with Crippen LogP contribution in [0.1, 0.15) is 49.8 Å². The first kappa shape index (κ1) is 18.3. The second-order valence-corrected chi connectivity index (χ2v) is 9.46. The number of anilines is 1. The second-order valence-electron chi connectivity index (χ2n) is 9.07. The van der Waals surface area contributed by atoms with Crippen LogP contribution < -0.4 is 5.32 Å². The fourth-order valence-corrected chi connectivity index (χ4v) is 5.91. The standard InChI is InChI=1S/C23H25ClN6/c1-12-13-3-5-14(6-4-13)19(12)27-22-16-9-10-30(2)23(16)29-21(28-22)15-7-8-17-20(15)26-18(24)11-25-17/h7,9-14,19H,3-6,8H2,1-2H3,(H,27,28,29)/t12-,13?,14?,19+/m0/s1. The Bertz CT molecular complexity index is 1170. The SMILES string of the molecule is C[C@H]1C2CCC(CC2)[C@@H]1Nc1nc(C2=CCc3ncc(Cl)nc32)nc2c1ccn2C. The minimum absolute atomic E-state index is 0.395. The van der Waals surface area contributed by atoms with Gasteiger partial charge < -0.3 is 9.88 Å². The summed E-state index contributed by atoms with van der Waals surface area (Å²) >= 11 is 6.13. The van der Waals surface area contributed by atoms with E-state index in [1.165, 1.54) is 25.7 Å². The lowest BCUT2D eigenvalue weighted by atomic mass is 9.62. The van der Waals surface area contributed by atoms with E-state index < -0.39 is 0 Å². The van der Waals surface area contributed by atoms with E-state index in [0.29, 0.717) is 22.9 Å². The monoisotopic (exact) mass is 420 g/mol. The fraction of sp³-hybridized carbons (Fsp3) is 0.478. The number of allylic oxidation sites excluding steroid dienone is 1. The molecule has 0 saturated heterocycles. The highest BCUT2D eigenvalue weighted by molar-refractivity contribution is 6.29. The first-order valence-corrected chi connectivity index (χ1v) is 11.3. The Labute approximate surface area is 180 Å². The lowest BCUT2D eigenvalue weighted by Crippen LogP contribution is -2.47. The molecule has 1 N–H and O–H groups in total. The van der Waals surface area contributed by atoms with Crippen molar-refractivity contribution in [3.05, 3.63) is 46.9 Å². The first-order valence-electron chi connectivity index (χ1n) is 10.9. The molecule has 6 nitrogen and oxygen atoms in total. The average Bonchev–Trinajstić information content (AvgIpc) is 3.34. The summed E-state index contributed by atoms with van der Waals surface area (Å²) in [6.45, 7) is 2.41. The molecule has 0 amide bonds. The van der Waals surface area contributed by atoms with Crippen LogP contribution in [0, 0.1) is 17.8 Å². The third kappa shape index (κ3) is 2.77. The Hall–Kier alpha value is -2.47. The molecule has 7 heteroatoms. The number of rotatable bonds is 3. The molecule has 30 heavy (non-hydrogen) atoms. The van der Waals surface area contributed by atoms with Crippen molar-refractivity contribution in [2.45, 2.75) is 45.1 Å². The van der Waals surface area contributed by atoms with Gasteiger partial charge in [0.05, 0.1) is 23.0 Å². The zero-order valence-electron chi connectivity index (χ0n) is 17.3. The predicted octanol–water partition coefficient (Wildman–Crippen LogP) is 4.64. The summed E-state index contributed by atoms with van der Waals surface area (Å²) in [6, 6.07) is 2.59. The molecule has 3 heterocycles. The minimum atomic E-state index is 0.395. The molecular weight excluding hydrogens is 396 g/mol. The van der Waals surface area contributed by atoms with Crippen LogP contribution in [0.2, 0.25) is 5.15 Å². The maximum absolute atomic E-state index is 6.13. The number of aryl methyl sites for hydroxylation is 1. The minimum Gasteiger partial charge on any atom is -0.366 e. The van der Waals surface area contributed by atoms with Gasteiger partial charge in [0, 0.05) is 31.3 Å². The van der Waals surface area contributed by atoms with E-state index in [0.717, 1.165) is 52.1 Å². The molecule has 0 spiro atoms. The van der Waals surface area contributed by atoms with Gasteiger partial charge in [-0.15, -0.1) is 0 Å². The van der Waals surface area contributed by atoms with E-state index in [-0.39, 0.29) is 0 Å². The highest BCUT2D eigenvalue weighted by atomic mass is 35.5. The Balaban J connectivity index is 1.44. The average molecular weight is 421 g/mol. The van der Waals surface area contributed by atoms with Crippen molar-refractivity contribution in [1.82, 2.24) is 24.5 Å². The van der Waals surface area contributed by atoms with Crippen molar-refractivity contribution in [3.8, 4) is 0 Å². The molecule has 4 aliphatic carbocycles. The van der Waals surface area contributed by atoms with Gasteiger partial charge in [0.2, 0.25) is 0 Å². The van der Waals surface area contributed by atoms with Gasteiger partial charge in [0.15, 0.2) is 5.82 Å². The molecule has 2 bridgehead atoms. The summed E-state index contributed by atoms with van der Waals surface area (Å²) in [5, 5.41) is 5.33. The Morgan fingerprint density at radius 1 is 1.10 bits per heavy atom. The van der Waals surface area contributed by atoms with Crippen molar-refractivity contribution >= 4 is 34.0 Å². The molecular formula is C23H25ClN6. The molecule has 0 aromatic carbocycles. The van der Waals surface area contributed by atoms with Crippen molar-refractivity contribution in [3.63, 3.8) is 0 Å². The lowest BCUT2D eigenvalue weighted by molar-refractivity contribution is 0.0928. The van der Waals surface area contributed by atoms with Crippen molar-refractivity contribution in [2.24, 2.45) is 24.8 Å². The quantitative estimate of drug-likeness (QED) is 0.668. The number of hydrogen-bond donors (Lipinski definition) is 1. The van der Waals surface area contributed by atoms with Gasteiger partial charge in [-0.3, -0.25) is 4.98 Å². The molecule has 3 saturated carbocycles. The van der Waals surface area contributed by atoms with Gasteiger partial charge in [0.25, 0.3) is 0 Å². The van der Waals surface area contributed by atoms with Crippen LogP contribution in [0.15, 0.2) is 24.5 Å². The van der Waals surface area contributed by atoms with Crippen LogP contribution in [-0.2, 0) is 13.5 Å². The van der Waals surface area contributed by atoms with Crippen LogP contribution in [0.3, 0.4) is 0 Å². The fourth-order valence-electron chi connectivity index (χ4n) is 5.78. The topological polar surface area (TPSA) is 68.5 Å². The third-order valence-corrected chi connectivity index (χ3v) is 7.66. The summed E-state index contributed by atoms with van der Waals surface area (Å²) in [7, 11) is 2.03. The largest absolute Gasteiger partial charge is 0.366 e. The highest BCUT2D eigenvalue weighted by Crippen LogP contribution is 2.46. The molecule has 0 aliphatic heterocycles. The maximum Gasteiger partial charge on any atom is 0.165 e. The summed E-state index contributed by atoms with van der Waals surface area (Å²) in [5.41, 5.74) is 3.58. The molecule has 3 aromatic rings. The smallest absolute Gasteiger partial charge is 0.165 e. The van der Waals surface area contributed by atoms with Crippen LogP contribution in [0.25, 0.3) is 16.6 Å². The molecule has 3 fully saturated rings. The zero-order valence-corrected chi connectivity index (χ0v) is 18.0. The van der Waals surface area contributed by atoms with Gasteiger partial charge >= 0.3 is 0 Å². The van der Waals surface area contributed by atoms with Crippen LogP contribution in [-0.4, -0.2) is 30.5 Å². The predicted molar refractivity (Wildman–Crippen MR) is 118 cm³/mol. The van der Waals surface area contributed by atoms with E-state index in [2.05, 4.69) is 45.1 Å². The Morgan fingerprint density at radius 2 is 1.90 bits per heavy atom. The van der Waals surface area contributed by atoms with E-state index in [1.807, 2.05) is 7.05 Å². The Kier molecular flexibility index (Phi) is 4.13. The van der Waals surface area contributed by atoms with E-state index in [4.69, 9.17) is 21.6 Å². The van der Waals surface area contributed by atoms with Gasteiger partial charge in [0.1, 0.15) is 16.6 Å². The number of nitrogens with zero attached hydrogens (tertiary/aromatic N) is 5. The highest BCUT2D eigenvalue weighted by Gasteiger charge is 2.41. The number of halogens is 1. The molecule has 0 radical (unpaired) electrons. The molecule has 3 aromatic heterocycles. The summed E-state index contributed by atoms with van der Waals surface area (Å²) < 4.78 is 2.06. The number of aromatic nitrogens is 5. The summed E-state index contributed by atoms with van der Waals surface area (Å²) in [5.74, 6) is 3.87. The first-order chi connectivity index (χ1) is 14.6. The second kappa shape index (κ2) is 6.77. The van der Waals surface area contributed by atoms with Crippen molar-refractivity contribution < 1.29 is 0 Å². The Morgan fingerprint density at radius 3 is 2.70 bits per heavy atom. The molecule has 4 aliphatic rings. The maximum atomic E-state index is 6.13. The molecule has 2 atom stereocenters. The third-order valence-electron chi connectivity index (χ3n) is 7.48. The number of hydrogen-bond acceptors (Lipinski definition) is 5. The van der Waals surface area contributed by atoms with Crippen LogP contribution in [0.5, 0.6) is 0 Å². The molecule has 7 rings (SSSR count). The van der Waals surface area contributed by atoms with E-state index in [1.54, 1.807) is 6.20 Å². The number of nitrogens with one attached hydrogen (secondary N) is 1. The van der Waals surface area contributed by atoms with Crippen molar-refractivity contribution in [1.29, 1.82) is 0 Å². The van der Waals surface area contributed by atoms with Crippen LogP contribution in [0.4, 0.5) is 5.82 Å². The normalized spacial score (nSPS) is 27.4. The molecule has 154 valence electrons. The van der Waals surface area contributed by atoms with E-state index >= 15 is 0 Å². The number of fused-ring (bicyclic) bond motifs is 5. The van der Waals surface area contributed by atoms with Gasteiger partial charge in [-0.05, 0) is 49.5 Å². The van der Waals surface area contributed by atoms with Gasteiger partial charge in [-0.2, -0.15) is 0 Å². The summed E-state index contributed by atoms with van der Waals surface area (Å²) in [6.07, 6.45) is 11.9. The van der Waals surface area contributed by atoms with Gasteiger partial charge in [-0.1, -0.05) is 24.6 Å². The lowest BCUT2D eigenvalue weighted by Gasteiger charge is -2.47. The van der Waals surface area contributed by atoms with Gasteiger partial charge in [-0.25, -0.2) is 15.0 Å². The van der Waals surface area contributed by atoms with Crippen molar-refractivity contribution in [2.75, 3.05) is 5.32 Å². The zero-order chi connectivity index (χ0) is 20.4. The van der Waals surface area contributed by atoms with E-state index in [9.17, 15) is 0 Å². The summed E-state index contributed by atoms with van der Waals surface area (Å²) in [4.78, 5) is 18.9. The van der Waals surface area contributed by atoms with Crippen LogP contribution >= 0.6 is 11.6 Å². The molecule has 0 unspecified atom stereocenters.